The molecule has 0 unspecified atom stereocenters. The number of nitro benzene ring substituents is 1. The summed E-state index contributed by atoms with van der Waals surface area (Å²) in [5.41, 5.74) is 0.589. The molecule has 0 radical (unpaired) electrons. The van der Waals surface area contributed by atoms with Crippen LogP contribution in [-0.2, 0) is 0 Å². The number of nitrogens with one attached hydrogen (secondary N) is 2. The Hall–Kier alpha value is -3.21. The van der Waals surface area contributed by atoms with Crippen molar-refractivity contribution >= 4 is 33.2 Å². The van der Waals surface area contributed by atoms with Crippen molar-refractivity contribution in [2.45, 2.75) is 6.92 Å². The van der Waals surface area contributed by atoms with E-state index in [1.54, 1.807) is 18.2 Å². The number of nitrogens with zero attached hydrogens (tertiary/aromatic N) is 2. The molecule has 10 heteroatoms. The van der Waals surface area contributed by atoms with Crippen LogP contribution in [0.4, 0.5) is 11.4 Å². The Labute approximate surface area is 178 Å². The number of aliphatic hydroxyl groups excluding tert-OH is 2. The third-order valence-electron chi connectivity index (χ3n) is 4.99. The van der Waals surface area contributed by atoms with Gasteiger partial charge in [0.15, 0.2) is 5.43 Å². The van der Waals surface area contributed by atoms with Crippen molar-refractivity contribution in [3.63, 3.8) is 0 Å². The van der Waals surface area contributed by atoms with Crippen LogP contribution in [-0.4, -0.2) is 71.0 Å². The zero-order valence-electron chi connectivity index (χ0n) is 17.3. The number of ether oxygens (including phenoxy) is 1. The van der Waals surface area contributed by atoms with Crippen LogP contribution in [0.1, 0.15) is 6.92 Å². The monoisotopic (exact) mass is 430 g/mol. The van der Waals surface area contributed by atoms with E-state index < -0.39 is 4.92 Å². The van der Waals surface area contributed by atoms with Gasteiger partial charge in [-0.3, -0.25) is 19.8 Å². The summed E-state index contributed by atoms with van der Waals surface area (Å²) < 4.78 is 5.49. The van der Waals surface area contributed by atoms with Gasteiger partial charge in [0.25, 0.3) is 5.69 Å². The second-order valence-electron chi connectivity index (χ2n) is 6.95. The number of anilines is 1. The lowest BCUT2D eigenvalue weighted by atomic mass is 10.1. The van der Waals surface area contributed by atoms with E-state index in [1.165, 1.54) is 12.1 Å². The van der Waals surface area contributed by atoms with Crippen LogP contribution in [0.3, 0.4) is 0 Å². The average molecular weight is 430 g/mol. The third-order valence-corrected chi connectivity index (χ3v) is 4.99. The first-order valence-electron chi connectivity index (χ1n) is 10.1. The number of rotatable bonds is 11. The highest BCUT2D eigenvalue weighted by molar-refractivity contribution is 6.03. The number of pyridine rings is 1. The summed E-state index contributed by atoms with van der Waals surface area (Å²) in [7, 11) is 0. The molecule has 3 rings (SSSR count). The van der Waals surface area contributed by atoms with Crippen molar-refractivity contribution in [1.82, 2.24) is 9.88 Å². The van der Waals surface area contributed by atoms with Gasteiger partial charge in [-0.05, 0) is 31.2 Å². The Balaban J connectivity index is 2.05. The number of benzene rings is 2. The molecule has 10 nitrogen and oxygen atoms in total. The lowest BCUT2D eigenvalue weighted by molar-refractivity contribution is -0.383. The number of aromatic nitrogens is 1. The standard InChI is InChI=1S/C21H26N4O6/c1-2-31-14-3-4-16-15(13-14)21(28)19-17(5-6-18(25(29)30)20(19)23-16)22-7-8-24(9-11-26)10-12-27/h3-6,13,22,26-27H,2,7-12H2,1H3,(H,23,28). The van der Waals surface area contributed by atoms with Gasteiger partial charge >= 0.3 is 0 Å². The Kier molecular flexibility index (Phi) is 7.40. The normalized spacial score (nSPS) is 11.4. The largest absolute Gasteiger partial charge is 0.494 e. The van der Waals surface area contributed by atoms with Gasteiger partial charge in [-0.25, -0.2) is 0 Å². The highest BCUT2D eigenvalue weighted by Gasteiger charge is 2.19. The number of nitro groups is 1. The van der Waals surface area contributed by atoms with Crippen molar-refractivity contribution in [2.24, 2.45) is 0 Å². The summed E-state index contributed by atoms with van der Waals surface area (Å²) >= 11 is 0. The van der Waals surface area contributed by atoms with Gasteiger partial charge < -0.3 is 25.3 Å². The lowest BCUT2D eigenvalue weighted by Gasteiger charge is -2.20. The quantitative estimate of drug-likeness (QED) is 0.205. The first-order valence-corrected chi connectivity index (χ1v) is 10.1. The molecule has 0 fully saturated rings. The van der Waals surface area contributed by atoms with E-state index in [1.807, 2.05) is 11.8 Å². The molecule has 0 aliphatic carbocycles. The van der Waals surface area contributed by atoms with E-state index in [2.05, 4.69) is 10.3 Å². The van der Waals surface area contributed by atoms with Gasteiger partial charge in [0, 0.05) is 43.3 Å². The van der Waals surface area contributed by atoms with Crippen molar-refractivity contribution in [1.29, 1.82) is 0 Å². The minimum atomic E-state index is -0.521. The Morgan fingerprint density at radius 2 is 1.90 bits per heavy atom. The fraction of sp³-hybridized carbons (Fsp3) is 0.381. The zero-order valence-corrected chi connectivity index (χ0v) is 17.3. The van der Waals surface area contributed by atoms with Gasteiger partial charge in [-0.15, -0.1) is 0 Å². The number of aromatic amines is 1. The van der Waals surface area contributed by atoms with E-state index in [0.717, 1.165) is 0 Å². The van der Waals surface area contributed by atoms with E-state index in [9.17, 15) is 14.9 Å². The summed E-state index contributed by atoms with van der Waals surface area (Å²) in [5.74, 6) is 0.545. The summed E-state index contributed by atoms with van der Waals surface area (Å²) in [5, 5.41) is 33.6. The van der Waals surface area contributed by atoms with E-state index in [0.29, 0.717) is 55.1 Å². The highest BCUT2D eigenvalue weighted by Crippen LogP contribution is 2.30. The van der Waals surface area contributed by atoms with Crippen LogP contribution in [0, 0.1) is 10.1 Å². The molecule has 0 aliphatic heterocycles. The molecule has 0 aliphatic rings. The first-order chi connectivity index (χ1) is 15.0. The summed E-state index contributed by atoms with van der Waals surface area (Å²) in [4.78, 5) is 29.3. The Morgan fingerprint density at radius 3 is 2.55 bits per heavy atom. The van der Waals surface area contributed by atoms with Crippen molar-refractivity contribution in [3.8, 4) is 5.75 Å². The second kappa shape index (κ2) is 10.2. The molecule has 3 aromatic rings. The summed E-state index contributed by atoms with van der Waals surface area (Å²) in [6, 6.07) is 7.89. The van der Waals surface area contributed by atoms with E-state index >= 15 is 0 Å². The maximum atomic E-state index is 13.3. The minimum Gasteiger partial charge on any atom is -0.494 e. The Bertz CT molecular complexity index is 1120. The van der Waals surface area contributed by atoms with Crippen molar-refractivity contribution < 1.29 is 19.9 Å². The molecule has 0 spiro atoms. The van der Waals surface area contributed by atoms with Gasteiger partial charge in [0.1, 0.15) is 11.3 Å². The number of hydrogen-bond acceptors (Lipinski definition) is 8. The molecule has 0 atom stereocenters. The zero-order chi connectivity index (χ0) is 22.4. The molecule has 2 aromatic carbocycles. The molecular formula is C21H26N4O6. The topological polar surface area (TPSA) is 141 Å². The van der Waals surface area contributed by atoms with Gasteiger partial charge in [0.05, 0.1) is 35.6 Å². The number of hydrogen-bond donors (Lipinski definition) is 4. The van der Waals surface area contributed by atoms with Crippen LogP contribution in [0.15, 0.2) is 35.1 Å². The summed E-state index contributed by atoms with van der Waals surface area (Å²) in [6.45, 7) is 3.99. The number of H-pyrrole nitrogens is 1. The molecule has 166 valence electrons. The molecule has 31 heavy (non-hydrogen) atoms. The molecule has 0 bridgehead atoms. The van der Waals surface area contributed by atoms with Crippen molar-refractivity contribution in [2.75, 3.05) is 51.3 Å². The fourth-order valence-electron chi connectivity index (χ4n) is 3.57. The highest BCUT2D eigenvalue weighted by atomic mass is 16.6. The molecule has 1 aromatic heterocycles. The van der Waals surface area contributed by atoms with Crippen LogP contribution < -0.4 is 15.5 Å². The number of aliphatic hydroxyl groups is 2. The first kappa shape index (κ1) is 22.5. The Morgan fingerprint density at radius 1 is 1.16 bits per heavy atom. The summed E-state index contributed by atoms with van der Waals surface area (Å²) in [6.07, 6.45) is 0. The lowest BCUT2D eigenvalue weighted by Crippen LogP contribution is -2.34. The number of non-ortho nitro benzene ring substituents is 1. The van der Waals surface area contributed by atoms with Crippen LogP contribution in [0.2, 0.25) is 0 Å². The second-order valence-corrected chi connectivity index (χ2v) is 6.95. The average Bonchev–Trinajstić information content (AvgIpc) is 2.74. The molecular weight excluding hydrogens is 404 g/mol. The van der Waals surface area contributed by atoms with E-state index in [4.69, 9.17) is 14.9 Å². The molecule has 4 N–H and O–H groups in total. The fourth-order valence-corrected chi connectivity index (χ4v) is 3.57. The number of fused-ring (bicyclic) bond motifs is 2. The van der Waals surface area contributed by atoms with Gasteiger partial charge in [0.2, 0.25) is 0 Å². The SMILES string of the molecule is CCOc1ccc2[nH]c3c([N+](=O)[O-])ccc(NCCN(CCO)CCO)c3c(=O)c2c1. The van der Waals surface area contributed by atoms with E-state index in [-0.39, 0.29) is 35.2 Å². The van der Waals surface area contributed by atoms with Gasteiger partial charge in [-0.1, -0.05) is 0 Å². The minimum absolute atomic E-state index is 0.0334. The maximum Gasteiger partial charge on any atom is 0.293 e. The van der Waals surface area contributed by atoms with Crippen molar-refractivity contribution in [3.05, 3.63) is 50.7 Å². The van der Waals surface area contributed by atoms with Crippen LogP contribution in [0.5, 0.6) is 5.75 Å². The maximum absolute atomic E-state index is 13.3. The third kappa shape index (κ3) is 4.93. The van der Waals surface area contributed by atoms with Crippen LogP contribution in [0.25, 0.3) is 21.8 Å². The predicted octanol–water partition coefficient (Wildman–Crippen LogP) is 1.69. The van der Waals surface area contributed by atoms with Crippen LogP contribution >= 0.6 is 0 Å². The molecule has 1 heterocycles. The predicted molar refractivity (Wildman–Crippen MR) is 119 cm³/mol. The van der Waals surface area contributed by atoms with Gasteiger partial charge in [-0.2, -0.15) is 0 Å². The molecule has 0 amide bonds. The molecule has 0 saturated heterocycles. The smallest absolute Gasteiger partial charge is 0.293 e. The molecule has 0 saturated carbocycles.